The van der Waals surface area contributed by atoms with Gasteiger partial charge in [-0.05, 0) is 42.9 Å². The average Bonchev–Trinajstić information content (AvgIpc) is 2.72. The third kappa shape index (κ3) is 2.38. The molecule has 2 nitrogen and oxygen atoms in total. The van der Waals surface area contributed by atoms with Crippen LogP contribution >= 0.6 is 15.9 Å². The van der Waals surface area contributed by atoms with Crippen molar-refractivity contribution in [3.63, 3.8) is 0 Å². The van der Waals surface area contributed by atoms with Crippen LogP contribution in [0.1, 0.15) is 37.9 Å². The molecule has 0 radical (unpaired) electrons. The van der Waals surface area contributed by atoms with E-state index in [1.54, 1.807) is 0 Å². The molecule has 0 spiro atoms. The minimum Gasteiger partial charge on any atom is -0.387 e. The highest BCUT2D eigenvalue weighted by molar-refractivity contribution is 9.10. The Kier molecular flexibility index (Phi) is 3.56. The van der Waals surface area contributed by atoms with Crippen LogP contribution in [-0.2, 0) is 0 Å². The van der Waals surface area contributed by atoms with Crippen molar-refractivity contribution >= 4 is 15.9 Å². The van der Waals surface area contributed by atoms with Crippen molar-refractivity contribution in [2.24, 2.45) is 11.3 Å². The predicted molar refractivity (Wildman–Crippen MR) is 70.2 cm³/mol. The second-order valence-corrected chi connectivity index (χ2v) is 5.99. The standard InChI is InChI=1S/C14H16BrNO/c1-10-6-7-14(8-10,9-16)13(17)11-2-4-12(15)5-3-11/h2-5,10,13,17H,6-8H2,1H3. The lowest BCUT2D eigenvalue weighted by atomic mass is 9.78. The summed E-state index contributed by atoms with van der Waals surface area (Å²) in [5.41, 5.74) is 0.247. The maximum atomic E-state index is 10.4. The Labute approximate surface area is 110 Å². The molecule has 1 aliphatic carbocycles. The highest BCUT2D eigenvalue weighted by Crippen LogP contribution is 2.49. The van der Waals surface area contributed by atoms with Crippen molar-refractivity contribution in [1.29, 1.82) is 5.26 Å². The molecular formula is C14H16BrNO. The predicted octanol–water partition coefficient (Wildman–Crippen LogP) is 3.81. The number of benzene rings is 1. The molecule has 3 atom stereocenters. The van der Waals surface area contributed by atoms with Gasteiger partial charge in [0.1, 0.15) is 0 Å². The van der Waals surface area contributed by atoms with Gasteiger partial charge in [-0.2, -0.15) is 5.26 Å². The molecule has 0 amide bonds. The molecule has 1 aromatic rings. The van der Waals surface area contributed by atoms with Crippen LogP contribution in [0, 0.1) is 22.7 Å². The Morgan fingerprint density at radius 3 is 2.59 bits per heavy atom. The molecule has 0 heterocycles. The fourth-order valence-electron chi connectivity index (χ4n) is 2.71. The molecule has 0 bridgehead atoms. The molecule has 1 N–H and O–H groups in total. The number of aliphatic hydroxyl groups is 1. The summed E-state index contributed by atoms with van der Waals surface area (Å²) in [5.74, 6) is 0.528. The molecule has 0 aromatic heterocycles. The molecule has 1 fully saturated rings. The molecule has 17 heavy (non-hydrogen) atoms. The summed E-state index contributed by atoms with van der Waals surface area (Å²) in [7, 11) is 0. The molecule has 1 aliphatic rings. The molecule has 1 saturated carbocycles. The average molecular weight is 294 g/mol. The van der Waals surface area contributed by atoms with E-state index in [4.69, 9.17) is 0 Å². The number of nitriles is 1. The first-order valence-corrected chi connectivity index (χ1v) is 6.71. The summed E-state index contributed by atoms with van der Waals surface area (Å²) in [6.45, 7) is 2.15. The summed E-state index contributed by atoms with van der Waals surface area (Å²) in [4.78, 5) is 0. The van der Waals surface area contributed by atoms with E-state index >= 15 is 0 Å². The summed E-state index contributed by atoms with van der Waals surface area (Å²) in [6, 6.07) is 9.94. The monoisotopic (exact) mass is 293 g/mol. The summed E-state index contributed by atoms with van der Waals surface area (Å²) >= 11 is 3.37. The van der Waals surface area contributed by atoms with Gasteiger partial charge in [0, 0.05) is 4.47 Å². The van der Waals surface area contributed by atoms with E-state index in [2.05, 4.69) is 28.9 Å². The lowest BCUT2D eigenvalue weighted by Gasteiger charge is -2.27. The SMILES string of the molecule is CC1CCC(C#N)(C(O)c2ccc(Br)cc2)C1. The zero-order chi connectivity index (χ0) is 12.5. The van der Waals surface area contributed by atoms with E-state index in [1.165, 1.54) is 0 Å². The maximum absolute atomic E-state index is 10.4. The first kappa shape index (κ1) is 12.6. The summed E-state index contributed by atoms with van der Waals surface area (Å²) < 4.78 is 0.985. The van der Waals surface area contributed by atoms with Gasteiger partial charge in [0.15, 0.2) is 0 Å². The zero-order valence-electron chi connectivity index (χ0n) is 9.86. The summed E-state index contributed by atoms with van der Waals surface area (Å²) in [6.07, 6.45) is 1.94. The largest absolute Gasteiger partial charge is 0.387 e. The van der Waals surface area contributed by atoms with Crippen molar-refractivity contribution in [3.05, 3.63) is 34.3 Å². The highest BCUT2D eigenvalue weighted by atomic mass is 79.9. The molecule has 2 rings (SSSR count). The van der Waals surface area contributed by atoms with Crippen LogP contribution < -0.4 is 0 Å². The molecular weight excluding hydrogens is 278 g/mol. The lowest BCUT2D eigenvalue weighted by Crippen LogP contribution is -2.24. The van der Waals surface area contributed by atoms with Crippen molar-refractivity contribution in [1.82, 2.24) is 0 Å². The Morgan fingerprint density at radius 1 is 1.47 bits per heavy atom. The van der Waals surface area contributed by atoms with Crippen molar-refractivity contribution in [2.75, 3.05) is 0 Å². The fourth-order valence-corrected chi connectivity index (χ4v) is 2.97. The second-order valence-electron chi connectivity index (χ2n) is 5.07. The zero-order valence-corrected chi connectivity index (χ0v) is 11.4. The normalized spacial score (nSPS) is 29.9. The van der Waals surface area contributed by atoms with E-state index in [0.29, 0.717) is 5.92 Å². The molecule has 0 saturated heterocycles. The Morgan fingerprint density at radius 2 is 2.12 bits per heavy atom. The van der Waals surface area contributed by atoms with Crippen LogP contribution in [0.2, 0.25) is 0 Å². The van der Waals surface area contributed by atoms with Crippen LogP contribution in [0.5, 0.6) is 0 Å². The smallest absolute Gasteiger partial charge is 0.0976 e. The fraction of sp³-hybridized carbons (Fsp3) is 0.500. The first-order valence-electron chi connectivity index (χ1n) is 5.92. The Bertz CT molecular complexity index is 437. The van der Waals surface area contributed by atoms with Crippen LogP contribution in [0.3, 0.4) is 0 Å². The van der Waals surface area contributed by atoms with E-state index in [0.717, 1.165) is 29.3 Å². The van der Waals surface area contributed by atoms with Crippen molar-refractivity contribution in [2.45, 2.75) is 32.3 Å². The number of aliphatic hydroxyl groups excluding tert-OH is 1. The Balaban J connectivity index is 2.27. The first-order chi connectivity index (χ1) is 8.07. The van der Waals surface area contributed by atoms with Gasteiger partial charge in [-0.15, -0.1) is 0 Å². The van der Waals surface area contributed by atoms with Crippen LogP contribution in [0.4, 0.5) is 0 Å². The summed E-state index contributed by atoms with van der Waals surface area (Å²) in [5, 5.41) is 19.8. The quantitative estimate of drug-likeness (QED) is 0.901. The number of hydrogen-bond acceptors (Lipinski definition) is 2. The number of halogens is 1. The molecule has 90 valence electrons. The number of rotatable bonds is 2. The Hall–Kier alpha value is -0.850. The third-order valence-corrected chi connectivity index (χ3v) is 4.26. The number of nitrogens with zero attached hydrogens (tertiary/aromatic N) is 1. The van der Waals surface area contributed by atoms with Gasteiger partial charge in [-0.1, -0.05) is 35.0 Å². The lowest BCUT2D eigenvalue weighted by molar-refractivity contribution is 0.0647. The third-order valence-electron chi connectivity index (χ3n) is 3.73. The van der Waals surface area contributed by atoms with Crippen LogP contribution in [-0.4, -0.2) is 5.11 Å². The van der Waals surface area contributed by atoms with E-state index in [-0.39, 0.29) is 0 Å². The molecule has 1 aromatic carbocycles. The second kappa shape index (κ2) is 4.80. The van der Waals surface area contributed by atoms with Crippen molar-refractivity contribution in [3.8, 4) is 6.07 Å². The number of hydrogen-bond donors (Lipinski definition) is 1. The van der Waals surface area contributed by atoms with Gasteiger partial charge in [0.2, 0.25) is 0 Å². The van der Waals surface area contributed by atoms with Gasteiger partial charge < -0.3 is 5.11 Å². The van der Waals surface area contributed by atoms with Crippen LogP contribution in [0.25, 0.3) is 0 Å². The van der Waals surface area contributed by atoms with E-state index < -0.39 is 11.5 Å². The van der Waals surface area contributed by atoms with Gasteiger partial charge in [-0.25, -0.2) is 0 Å². The van der Waals surface area contributed by atoms with Gasteiger partial charge >= 0.3 is 0 Å². The van der Waals surface area contributed by atoms with Gasteiger partial charge in [0.25, 0.3) is 0 Å². The van der Waals surface area contributed by atoms with E-state index in [9.17, 15) is 10.4 Å². The van der Waals surface area contributed by atoms with E-state index in [1.807, 2.05) is 24.3 Å². The van der Waals surface area contributed by atoms with Gasteiger partial charge in [0.05, 0.1) is 17.6 Å². The molecule has 0 aliphatic heterocycles. The topological polar surface area (TPSA) is 44.0 Å². The van der Waals surface area contributed by atoms with Gasteiger partial charge in [-0.3, -0.25) is 0 Å². The minimum absolute atomic E-state index is 0.528. The minimum atomic E-state index is -0.675. The van der Waals surface area contributed by atoms with Crippen LogP contribution in [0.15, 0.2) is 28.7 Å². The molecule has 3 unspecified atom stereocenters. The van der Waals surface area contributed by atoms with Crippen molar-refractivity contribution < 1.29 is 5.11 Å². The molecule has 3 heteroatoms. The highest BCUT2D eigenvalue weighted by Gasteiger charge is 2.44. The maximum Gasteiger partial charge on any atom is 0.0976 e.